The van der Waals surface area contributed by atoms with Crippen molar-refractivity contribution in [3.05, 3.63) is 94.0 Å². The van der Waals surface area contributed by atoms with Crippen LogP contribution in [-0.2, 0) is 4.74 Å². The fraction of sp³-hybridized carbons (Fsp3) is 0.154. The zero-order chi connectivity index (χ0) is 27.1. The van der Waals surface area contributed by atoms with Crippen molar-refractivity contribution in [2.24, 2.45) is 0 Å². The molecule has 0 fully saturated rings. The Morgan fingerprint density at radius 3 is 2.50 bits per heavy atom. The Labute approximate surface area is 227 Å². The number of nitrogens with zero attached hydrogens (tertiary/aromatic N) is 3. The van der Waals surface area contributed by atoms with E-state index in [0.29, 0.717) is 16.9 Å². The van der Waals surface area contributed by atoms with E-state index in [9.17, 15) is 14.0 Å². The number of aliphatic hydroxyl groups is 1. The summed E-state index contributed by atoms with van der Waals surface area (Å²) in [5.74, 6) is -1.35. The second kappa shape index (κ2) is 12.6. The van der Waals surface area contributed by atoms with Crippen molar-refractivity contribution in [1.82, 2.24) is 20.1 Å². The van der Waals surface area contributed by atoms with E-state index in [1.54, 1.807) is 24.3 Å². The number of carbonyl (C=O) groups is 2. The number of hydrogen-bond donors (Lipinski definition) is 3. The Kier molecular flexibility index (Phi) is 9.03. The van der Waals surface area contributed by atoms with Crippen molar-refractivity contribution >= 4 is 40.8 Å². The van der Waals surface area contributed by atoms with Crippen molar-refractivity contribution in [3.8, 4) is 16.9 Å². The summed E-state index contributed by atoms with van der Waals surface area (Å²) >= 11 is 12.7. The average Bonchev–Trinajstić information content (AvgIpc) is 3.33. The number of ether oxygens (including phenoxy) is 1. The number of amides is 2. The third kappa shape index (κ3) is 6.53. The smallest absolute Gasteiger partial charge is 0.271 e. The number of pyridine rings is 1. The van der Waals surface area contributed by atoms with Gasteiger partial charge in [-0.2, -0.15) is 5.10 Å². The number of hydrogen-bond acceptors (Lipinski definition) is 6. The molecule has 0 unspecified atom stereocenters. The highest BCUT2D eigenvalue weighted by molar-refractivity contribution is 6.38. The maximum atomic E-state index is 13.3. The summed E-state index contributed by atoms with van der Waals surface area (Å²) in [6.07, 6.45) is 1.05. The summed E-state index contributed by atoms with van der Waals surface area (Å²) in [6.45, 7) is 0.480. The minimum atomic E-state index is -0.587. The summed E-state index contributed by atoms with van der Waals surface area (Å²) < 4.78 is 19.9. The number of nitrogens with one attached hydrogen (secondary N) is 2. The van der Waals surface area contributed by atoms with E-state index in [1.807, 2.05) is 6.07 Å². The molecule has 0 aliphatic heterocycles. The summed E-state index contributed by atoms with van der Waals surface area (Å²) in [4.78, 5) is 30.0. The van der Waals surface area contributed by atoms with Crippen molar-refractivity contribution in [3.63, 3.8) is 0 Å². The molecule has 2 aromatic heterocycles. The van der Waals surface area contributed by atoms with Gasteiger partial charge in [0.2, 0.25) is 0 Å². The van der Waals surface area contributed by atoms with E-state index in [1.165, 1.54) is 35.0 Å². The molecule has 2 aromatic carbocycles. The van der Waals surface area contributed by atoms with Crippen LogP contribution < -0.4 is 10.6 Å². The van der Waals surface area contributed by atoms with Crippen molar-refractivity contribution in [2.45, 2.75) is 0 Å². The van der Waals surface area contributed by atoms with E-state index in [2.05, 4.69) is 20.7 Å². The quantitative estimate of drug-likeness (QED) is 0.249. The lowest BCUT2D eigenvalue weighted by Crippen LogP contribution is -2.28. The van der Waals surface area contributed by atoms with Crippen molar-refractivity contribution < 1.29 is 23.8 Å². The van der Waals surface area contributed by atoms with Gasteiger partial charge in [0.25, 0.3) is 11.8 Å². The molecule has 4 rings (SSSR count). The van der Waals surface area contributed by atoms with Gasteiger partial charge >= 0.3 is 0 Å². The molecule has 0 bridgehead atoms. The first-order chi connectivity index (χ1) is 18.4. The number of benzene rings is 2. The van der Waals surface area contributed by atoms with Gasteiger partial charge in [-0.1, -0.05) is 41.4 Å². The Bertz CT molecular complexity index is 1430. The molecule has 0 spiro atoms. The third-order valence-electron chi connectivity index (χ3n) is 5.26. The largest absolute Gasteiger partial charge is 0.394 e. The molecule has 38 heavy (non-hydrogen) atoms. The highest BCUT2D eigenvalue weighted by Gasteiger charge is 2.20. The monoisotopic (exact) mass is 557 g/mol. The van der Waals surface area contributed by atoms with Crippen LogP contribution in [0.2, 0.25) is 10.0 Å². The van der Waals surface area contributed by atoms with Gasteiger partial charge in [0.1, 0.15) is 11.6 Å². The molecular weight excluding hydrogens is 536 g/mol. The highest BCUT2D eigenvalue weighted by Crippen LogP contribution is 2.32. The maximum absolute atomic E-state index is 13.3. The van der Waals surface area contributed by atoms with Gasteiger partial charge in [-0.15, -0.1) is 0 Å². The fourth-order valence-electron chi connectivity index (χ4n) is 3.48. The topological polar surface area (TPSA) is 118 Å². The number of aromatic nitrogens is 3. The predicted octanol–water partition coefficient (Wildman–Crippen LogP) is 4.37. The molecule has 196 valence electrons. The number of anilines is 1. The van der Waals surface area contributed by atoms with Crippen LogP contribution in [0.25, 0.3) is 16.9 Å². The van der Waals surface area contributed by atoms with Crippen LogP contribution in [0.1, 0.15) is 20.8 Å². The number of carbonyl (C=O) groups excluding carboxylic acids is 2. The van der Waals surface area contributed by atoms with Crippen LogP contribution in [-0.4, -0.2) is 58.1 Å². The zero-order valence-corrected chi connectivity index (χ0v) is 21.3. The molecule has 0 aliphatic carbocycles. The Hall–Kier alpha value is -3.83. The van der Waals surface area contributed by atoms with E-state index < -0.39 is 17.6 Å². The van der Waals surface area contributed by atoms with E-state index in [4.69, 9.17) is 33.0 Å². The molecule has 2 heterocycles. The van der Waals surface area contributed by atoms with Gasteiger partial charge in [-0.05, 0) is 36.4 Å². The fourth-order valence-corrected chi connectivity index (χ4v) is 4.04. The van der Waals surface area contributed by atoms with Gasteiger partial charge in [0.05, 0.1) is 53.0 Å². The second-order valence-electron chi connectivity index (χ2n) is 7.88. The standard InChI is InChI=1S/C26H22Cl2FN5O4/c27-20-13-21(28)19(12-18(20)22-7-6-16(29)15-31-22)25(36)32-24-14-23(26(37)30-8-10-38-11-9-35)33-34(24)17-4-2-1-3-5-17/h1-7,12-15,35H,8-11H2,(H,30,37)(H,32,36). The van der Waals surface area contributed by atoms with E-state index >= 15 is 0 Å². The number of rotatable bonds is 10. The highest BCUT2D eigenvalue weighted by atomic mass is 35.5. The Morgan fingerprint density at radius 1 is 1.00 bits per heavy atom. The third-order valence-corrected chi connectivity index (χ3v) is 5.88. The van der Waals surface area contributed by atoms with Crippen LogP contribution >= 0.6 is 23.2 Å². The van der Waals surface area contributed by atoms with Crippen LogP contribution in [0.4, 0.5) is 10.2 Å². The molecule has 0 radical (unpaired) electrons. The van der Waals surface area contributed by atoms with E-state index in [-0.39, 0.29) is 53.5 Å². The minimum absolute atomic E-state index is 0.0599. The van der Waals surface area contributed by atoms with Crippen LogP contribution in [0.5, 0.6) is 0 Å². The number of halogens is 3. The molecule has 12 heteroatoms. The van der Waals surface area contributed by atoms with Gasteiger partial charge in [-0.3, -0.25) is 14.6 Å². The lowest BCUT2D eigenvalue weighted by atomic mass is 10.1. The Balaban J connectivity index is 1.62. The van der Waals surface area contributed by atoms with Crippen LogP contribution in [0, 0.1) is 5.82 Å². The van der Waals surface area contributed by atoms with Gasteiger partial charge < -0.3 is 20.5 Å². The Morgan fingerprint density at radius 2 is 1.79 bits per heavy atom. The molecule has 4 aromatic rings. The summed E-state index contributed by atoms with van der Waals surface area (Å²) in [5.41, 5.74) is 1.50. The molecule has 0 saturated heterocycles. The molecule has 9 nitrogen and oxygen atoms in total. The molecule has 2 amide bonds. The number of para-hydroxylation sites is 1. The lowest BCUT2D eigenvalue weighted by Gasteiger charge is -2.12. The average molecular weight is 558 g/mol. The van der Waals surface area contributed by atoms with Crippen molar-refractivity contribution in [1.29, 1.82) is 0 Å². The first kappa shape index (κ1) is 27.2. The van der Waals surface area contributed by atoms with Gasteiger partial charge in [0, 0.05) is 18.2 Å². The lowest BCUT2D eigenvalue weighted by molar-refractivity contribution is 0.0834. The molecular formula is C26H22Cl2FN5O4. The van der Waals surface area contributed by atoms with Crippen LogP contribution in [0.3, 0.4) is 0 Å². The minimum Gasteiger partial charge on any atom is -0.394 e. The normalized spacial score (nSPS) is 10.8. The maximum Gasteiger partial charge on any atom is 0.271 e. The van der Waals surface area contributed by atoms with Gasteiger partial charge in [-0.25, -0.2) is 9.07 Å². The first-order valence-electron chi connectivity index (χ1n) is 11.4. The molecule has 3 N–H and O–H groups in total. The zero-order valence-electron chi connectivity index (χ0n) is 19.8. The van der Waals surface area contributed by atoms with Gasteiger partial charge in [0.15, 0.2) is 5.69 Å². The first-order valence-corrected chi connectivity index (χ1v) is 12.2. The van der Waals surface area contributed by atoms with Crippen molar-refractivity contribution in [2.75, 3.05) is 31.7 Å². The molecule has 0 saturated carbocycles. The molecule has 0 aliphatic rings. The summed E-state index contributed by atoms with van der Waals surface area (Å²) in [5, 5.41) is 18.9. The summed E-state index contributed by atoms with van der Waals surface area (Å²) in [6, 6.07) is 15.9. The van der Waals surface area contributed by atoms with Crippen LogP contribution in [0.15, 0.2) is 66.9 Å². The second-order valence-corrected chi connectivity index (χ2v) is 8.70. The van der Waals surface area contributed by atoms with E-state index in [0.717, 1.165) is 6.20 Å². The number of aliphatic hydroxyl groups excluding tert-OH is 1. The predicted molar refractivity (Wildman–Crippen MR) is 141 cm³/mol. The summed E-state index contributed by atoms with van der Waals surface area (Å²) in [7, 11) is 0. The molecule has 0 atom stereocenters. The SMILES string of the molecule is O=C(NCCOCCO)c1cc(NC(=O)c2cc(-c3ccc(F)cn3)c(Cl)cc2Cl)n(-c2ccccc2)n1.